The maximum atomic E-state index is 13.2. The lowest BCUT2D eigenvalue weighted by atomic mass is 10.1. The lowest BCUT2D eigenvalue weighted by Crippen LogP contribution is -2.18. The van der Waals surface area contributed by atoms with Crippen molar-refractivity contribution < 1.29 is 4.79 Å². The number of benzene rings is 2. The quantitative estimate of drug-likeness (QED) is 0.539. The fourth-order valence-corrected chi connectivity index (χ4v) is 3.52. The van der Waals surface area contributed by atoms with Gasteiger partial charge in [-0.05, 0) is 49.6 Å². The van der Waals surface area contributed by atoms with Gasteiger partial charge in [0.15, 0.2) is 0 Å². The van der Waals surface area contributed by atoms with Crippen molar-refractivity contribution in [1.82, 2.24) is 14.3 Å². The molecule has 4 rings (SSSR count). The van der Waals surface area contributed by atoms with Gasteiger partial charge in [-0.25, -0.2) is 0 Å². The van der Waals surface area contributed by atoms with Crippen LogP contribution in [0.4, 0.5) is 5.69 Å². The molecule has 6 heteroatoms. The molecule has 1 amide bonds. The fraction of sp³-hybridized carbons (Fsp3) is 0.208. The number of carbonyl (C=O) groups is 1. The molecule has 6 nitrogen and oxygen atoms in total. The van der Waals surface area contributed by atoms with Crippen LogP contribution in [0.25, 0.3) is 16.9 Å². The van der Waals surface area contributed by atoms with Gasteiger partial charge in [0, 0.05) is 24.6 Å². The van der Waals surface area contributed by atoms with E-state index in [2.05, 4.69) is 17.3 Å². The van der Waals surface area contributed by atoms with E-state index in [1.54, 1.807) is 12.4 Å². The number of para-hydroxylation sites is 1. The van der Waals surface area contributed by atoms with Crippen LogP contribution in [0.2, 0.25) is 0 Å². The first-order chi connectivity index (χ1) is 14.5. The van der Waals surface area contributed by atoms with Gasteiger partial charge in [0.2, 0.25) is 0 Å². The molecule has 0 spiro atoms. The van der Waals surface area contributed by atoms with Gasteiger partial charge >= 0.3 is 0 Å². The molecule has 0 aliphatic carbocycles. The Morgan fingerprint density at radius 3 is 2.57 bits per heavy atom. The molecule has 152 valence electrons. The number of aromatic nitrogens is 3. The van der Waals surface area contributed by atoms with Crippen LogP contribution < -0.4 is 10.9 Å². The zero-order valence-electron chi connectivity index (χ0n) is 17.3. The molecule has 1 N–H and O–H groups in total. The minimum atomic E-state index is -0.281. The Bertz CT molecular complexity index is 1240. The molecule has 2 aliphatic rings. The number of rotatable bonds is 5. The van der Waals surface area contributed by atoms with E-state index in [9.17, 15) is 9.59 Å². The van der Waals surface area contributed by atoms with Gasteiger partial charge in [-0.15, -0.1) is 0 Å². The van der Waals surface area contributed by atoms with Crippen molar-refractivity contribution in [2.45, 2.75) is 33.7 Å². The van der Waals surface area contributed by atoms with E-state index in [4.69, 9.17) is 0 Å². The van der Waals surface area contributed by atoms with Gasteiger partial charge in [-0.3, -0.25) is 9.59 Å². The number of aryl methyl sites for hydroxylation is 3. The summed E-state index contributed by atoms with van der Waals surface area (Å²) in [5, 5.41) is 7.51. The standard InChI is InChI=1S/C24H24N4O2/c1-4-12-27-14-19(23(29)25-21-13-16(2)10-11-17(21)3)22-20(15-27)24(30)28(26-22)18-8-6-5-7-9-18/h5-11,13-15H,4,12H2,1-3H3,(H,25,29). The summed E-state index contributed by atoms with van der Waals surface area (Å²) in [4.78, 5) is 26.3. The van der Waals surface area contributed by atoms with E-state index in [0.717, 1.165) is 23.2 Å². The summed E-state index contributed by atoms with van der Waals surface area (Å²) < 4.78 is 3.24. The highest BCUT2D eigenvalue weighted by molar-refractivity contribution is 6.08. The van der Waals surface area contributed by atoms with Crippen molar-refractivity contribution >= 4 is 11.6 Å². The number of carbonyl (C=O) groups excluding carboxylic acids is 1. The maximum Gasteiger partial charge on any atom is 0.282 e. The molecule has 2 aromatic rings. The van der Waals surface area contributed by atoms with E-state index >= 15 is 0 Å². The first-order valence-corrected chi connectivity index (χ1v) is 10.0. The summed E-state index contributed by atoms with van der Waals surface area (Å²) in [6, 6.07) is 15.2. The van der Waals surface area contributed by atoms with E-state index in [-0.39, 0.29) is 11.5 Å². The molecule has 2 aliphatic heterocycles. The van der Waals surface area contributed by atoms with Crippen LogP contribution in [-0.2, 0) is 6.54 Å². The summed E-state index contributed by atoms with van der Waals surface area (Å²) in [6.07, 6.45) is 4.44. The third kappa shape index (κ3) is 3.64. The highest BCUT2D eigenvalue weighted by Gasteiger charge is 2.24. The zero-order valence-corrected chi connectivity index (χ0v) is 17.3. The molecule has 0 radical (unpaired) electrons. The van der Waals surface area contributed by atoms with Crippen LogP contribution in [0, 0.1) is 13.8 Å². The maximum absolute atomic E-state index is 13.2. The van der Waals surface area contributed by atoms with Crippen LogP contribution in [0.1, 0.15) is 34.8 Å². The highest BCUT2D eigenvalue weighted by Crippen LogP contribution is 2.24. The average Bonchev–Trinajstić information content (AvgIpc) is 3.07. The van der Waals surface area contributed by atoms with E-state index in [0.29, 0.717) is 29.1 Å². The smallest absolute Gasteiger partial charge is 0.282 e. The van der Waals surface area contributed by atoms with Gasteiger partial charge in [0.25, 0.3) is 11.5 Å². The second-order valence-electron chi connectivity index (χ2n) is 7.50. The molecule has 0 aromatic heterocycles. The number of hydrogen-bond acceptors (Lipinski definition) is 3. The summed E-state index contributed by atoms with van der Waals surface area (Å²) >= 11 is 0. The van der Waals surface area contributed by atoms with Gasteiger partial charge in [0.05, 0.1) is 16.8 Å². The lowest BCUT2D eigenvalue weighted by Gasteiger charge is -2.13. The van der Waals surface area contributed by atoms with Crippen LogP contribution in [0.15, 0.2) is 65.7 Å². The fourth-order valence-electron chi connectivity index (χ4n) is 3.52. The third-order valence-corrected chi connectivity index (χ3v) is 5.09. The van der Waals surface area contributed by atoms with Gasteiger partial charge in [0.1, 0.15) is 5.69 Å². The predicted octanol–water partition coefficient (Wildman–Crippen LogP) is 4.42. The number of fused-ring (bicyclic) bond motifs is 1. The molecule has 0 unspecified atom stereocenters. The lowest BCUT2D eigenvalue weighted by molar-refractivity contribution is 0.102. The van der Waals surface area contributed by atoms with Crippen molar-refractivity contribution in [3.05, 3.63) is 88.0 Å². The largest absolute Gasteiger partial charge is 0.353 e. The third-order valence-electron chi connectivity index (χ3n) is 5.09. The summed E-state index contributed by atoms with van der Waals surface area (Å²) in [7, 11) is 0. The van der Waals surface area contributed by atoms with Crippen LogP contribution in [0.5, 0.6) is 0 Å². The van der Waals surface area contributed by atoms with Gasteiger partial charge in [-0.2, -0.15) is 9.78 Å². The van der Waals surface area contributed by atoms with Crippen molar-refractivity contribution in [1.29, 1.82) is 0 Å². The second kappa shape index (κ2) is 7.99. The summed E-state index contributed by atoms with van der Waals surface area (Å²) in [5.74, 6) is -0.281. The molecule has 30 heavy (non-hydrogen) atoms. The normalized spacial score (nSPS) is 11.0. The van der Waals surface area contributed by atoms with Crippen LogP contribution >= 0.6 is 0 Å². The number of hydrogen-bond donors (Lipinski definition) is 1. The highest BCUT2D eigenvalue weighted by atomic mass is 16.2. The minimum absolute atomic E-state index is 0.234. The molecule has 0 atom stereocenters. The Labute approximate surface area is 175 Å². The Balaban J connectivity index is 1.84. The molecular weight excluding hydrogens is 376 g/mol. The molecule has 0 saturated carbocycles. The van der Waals surface area contributed by atoms with E-state index in [1.807, 2.05) is 66.9 Å². The number of anilines is 1. The summed E-state index contributed by atoms with van der Waals surface area (Å²) in [6.45, 7) is 6.69. The van der Waals surface area contributed by atoms with Gasteiger partial charge in [-0.1, -0.05) is 37.3 Å². The SMILES string of the molecule is CCCn1cc(C(=O)Nc2cc(C)ccc2C)c2nn(-c3ccccc3)c(=O)c-2c1. The van der Waals surface area contributed by atoms with E-state index < -0.39 is 0 Å². The number of amides is 1. The number of nitrogens with one attached hydrogen (secondary N) is 1. The van der Waals surface area contributed by atoms with Crippen LogP contribution in [0.3, 0.4) is 0 Å². The van der Waals surface area contributed by atoms with E-state index in [1.165, 1.54) is 4.68 Å². The average molecular weight is 400 g/mol. The Morgan fingerprint density at radius 1 is 1.07 bits per heavy atom. The Kier molecular flexibility index (Phi) is 5.23. The Morgan fingerprint density at radius 2 is 1.83 bits per heavy atom. The number of pyridine rings is 1. The van der Waals surface area contributed by atoms with Crippen molar-refractivity contribution in [3.8, 4) is 16.9 Å². The molecule has 2 aromatic carbocycles. The topological polar surface area (TPSA) is 68.9 Å². The summed E-state index contributed by atoms with van der Waals surface area (Å²) in [5.41, 5.74) is 4.44. The van der Waals surface area contributed by atoms with Crippen molar-refractivity contribution in [3.63, 3.8) is 0 Å². The van der Waals surface area contributed by atoms with Crippen molar-refractivity contribution in [2.75, 3.05) is 5.32 Å². The molecular formula is C24H24N4O2. The first-order valence-electron chi connectivity index (χ1n) is 10.0. The van der Waals surface area contributed by atoms with Crippen LogP contribution in [-0.4, -0.2) is 20.3 Å². The minimum Gasteiger partial charge on any atom is -0.353 e. The first kappa shape index (κ1) is 19.6. The molecule has 0 saturated heterocycles. The second-order valence-corrected chi connectivity index (χ2v) is 7.50. The molecule has 2 heterocycles. The molecule has 0 bridgehead atoms. The van der Waals surface area contributed by atoms with Gasteiger partial charge < -0.3 is 9.88 Å². The van der Waals surface area contributed by atoms with Crippen molar-refractivity contribution in [2.24, 2.45) is 0 Å². The Hall–Kier alpha value is -3.67. The number of nitrogens with zero attached hydrogens (tertiary/aromatic N) is 3. The monoisotopic (exact) mass is 400 g/mol. The predicted molar refractivity (Wildman–Crippen MR) is 119 cm³/mol. The molecule has 0 fully saturated rings. The zero-order chi connectivity index (χ0) is 21.3.